The molecule has 2 aromatic rings. The fraction of sp³-hybridized carbons (Fsp3) is 0.182. The van der Waals surface area contributed by atoms with E-state index in [0.717, 1.165) is 5.56 Å². The van der Waals surface area contributed by atoms with Crippen molar-refractivity contribution in [1.82, 2.24) is 4.90 Å². The Hall–Kier alpha value is -3.39. The second-order valence-electron chi connectivity index (χ2n) is 6.45. The molecule has 1 N–H and O–H groups in total. The first-order valence-electron chi connectivity index (χ1n) is 9.13. The van der Waals surface area contributed by atoms with E-state index in [2.05, 4.69) is 17.9 Å². The lowest BCUT2D eigenvalue weighted by Gasteiger charge is -2.18. The molecule has 0 fully saturated rings. The molecule has 0 heterocycles. The highest BCUT2D eigenvalue weighted by atomic mass is 32.2. The normalized spacial score (nSPS) is 10.7. The molecule has 0 aliphatic carbocycles. The molecule has 2 rings (SSSR count). The molecule has 158 valence electrons. The van der Waals surface area contributed by atoms with Gasteiger partial charge in [-0.05, 0) is 43.3 Å². The molecule has 0 atom stereocenters. The average molecular weight is 429 g/mol. The summed E-state index contributed by atoms with van der Waals surface area (Å²) in [6.45, 7) is 9.24. The van der Waals surface area contributed by atoms with Crippen LogP contribution < -0.4 is 4.72 Å². The number of aryl methyl sites for hydroxylation is 1. The van der Waals surface area contributed by atoms with Crippen molar-refractivity contribution >= 4 is 27.6 Å². The molecule has 0 aliphatic rings. The van der Waals surface area contributed by atoms with Crippen molar-refractivity contribution in [2.24, 2.45) is 0 Å². The number of carbonyl (C=O) groups is 2. The second-order valence-corrected chi connectivity index (χ2v) is 8.13. The number of carbonyl (C=O) groups excluding carboxylic acids is 2. The molecule has 0 aromatic heterocycles. The number of nitrogens with zero attached hydrogens (tertiary/aromatic N) is 1. The van der Waals surface area contributed by atoms with Crippen LogP contribution in [-0.4, -0.2) is 44.9 Å². The summed E-state index contributed by atoms with van der Waals surface area (Å²) in [6.07, 6.45) is 3.13. The number of hydrogen-bond donors (Lipinski definition) is 1. The summed E-state index contributed by atoms with van der Waals surface area (Å²) >= 11 is 0. The topological polar surface area (TPSA) is 92.8 Å². The average Bonchev–Trinajstić information content (AvgIpc) is 2.73. The van der Waals surface area contributed by atoms with Crippen molar-refractivity contribution in [3.8, 4) is 0 Å². The van der Waals surface area contributed by atoms with Crippen molar-refractivity contribution in [2.45, 2.75) is 11.8 Å². The van der Waals surface area contributed by atoms with Crippen molar-refractivity contribution in [3.63, 3.8) is 0 Å². The highest BCUT2D eigenvalue weighted by Gasteiger charge is 2.17. The van der Waals surface area contributed by atoms with Crippen LogP contribution >= 0.6 is 0 Å². The Bertz CT molecular complexity index is 1000. The first kappa shape index (κ1) is 22.9. The minimum Gasteiger partial charge on any atom is -0.452 e. The summed E-state index contributed by atoms with van der Waals surface area (Å²) in [4.78, 5) is 25.7. The zero-order valence-electron chi connectivity index (χ0n) is 16.7. The molecule has 0 unspecified atom stereocenters. The van der Waals surface area contributed by atoms with Crippen LogP contribution in [0, 0.1) is 6.92 Å². The SMILES string of the molecule is C=CCN(CC=C)C(=O)COC(=O)c1ccc(S(=O)(=O)Nc2ccc(C)cc2)cc1. The van der Waals surface area contributed by atoms with Gasteiger partial charge in [-0.3, -0.25) is 9.52 Å². The van der Waals surface area contributed by atoms with Gasteiger partial charge in [0.05, 0.1) is 10.5 Å². The molecule has 1 amide bonds. The van der Waals surface area contributed by atoms with Gasteiger partial charge in [0.15, 0.2) is 6.61 Å². The molecular weight excluding hydrogens is 404 g/mol. The zero-order chi connectivity index (χ0) is 22.1. The van der Waals surface area contributed by atoms with Gasteiger partial charge >= 0.3 is 5.97 Å². The molecular formula is C22H24N2O5S. The van der Waals surface area contributed by atoms with Crippen LogP contribution in [0.5, 0.6) is 0 Å². The van der Waals surface area contributed by atoms with E-state index in [1.165, 1.54) is 29.2 Å². The van der Waals surface area contributed by atoms with Crippen LogP contribution in [0.15, 0.2) is 78.7 Å². The maximum Gasteiger partial charge on any atom is 0.338 e. The smallest absolute Gasteiger partial charge is 0.338 e. The third-order valence-corrected chi connectivity index (χ3v) is 5.48. The van der Waals surface area contributed by atoms with Gasteiger partial charge in [0.1, 0.15) is 0 Å². The summed E-state index contributed by atoms with van der Waals surface area (Å²) < 4.78 is 32.5. The van der Waals surface area contributed by atoms with Crippen molar-refractivity contribution in [1.29, 1.82) is 0 Å². The van der Waals surface area contributed by atoms with Crippen molar-refractivity contribution in [3.05, 3.63) is 85.0 Å². The first-order valence-corrected chi connectivity index (χ1v) is 10.6. The Kier molecular flexibility index (Phi) is 7.94. The van der Waals surface area contributed by atoms with E-state index in [9.17, 15) is 18.0 Å². The number of anilines is 1. The van der Waals surface area contributed by atoms with Gasteiger partial charge in [0.25, 0.3) is 15.9 Å². The number of benzene rings is 2. The van der Waals surface area contributed by atoms with E-state index in [1.54, 1.807) is 36.4 Å². The van der Waals surface area contributed by atoms with E-state index in [1.807, 2.05) is 6.92 Å². The Morgan fingerprint density at radius 3 is 2.10 bits per heavy atom. The summed E-state index contributed by atoms with van der Waals surface area (Å²) in [5.74, 6) is -1.11. The van der Waals surface area contributed by atoms with Crippen LogP contribution in [0.1, 0.15) is 15.9 Å². The van der Waals surface area contributed by atoms with Gasteiger partial charge in [-0.1, -0.05) is 29.8 Å². The number of nitrogens with one attached hydrogen (secondary N) is 1. The predicted molar refractivity (Wildman–Crippen MR) is 116 cm³/mol. The Morgan fingerprint density at radius 1 is 1.00 bits per heavy atom. The van der Waals surface area contributed by atoms with Gasteiger partial charge in [-0.25, -0.2) is 13.2 Å². The number of amides is 1. The van der Waals surface area contributed by atoms with E-state index in [-0.39, 0.29) is 16.4 Å². The molecule has 0 radical (unpaired) electrons. The molecule has 8 heteroatoms. The largest absolute Gasteiger partial charge is 0.452 e. The maximum atomic E-state index is 12.5. The van der Waals surface area contributed by atoms with Gasteiger partial charge in [-0.15, -0.1) is 13.2 Å². The van der Waals surface area contributed by atoms with Crippen molar-refractivity contribution in [2.75, 3.05) is 24.4 Å². The lowest BCUT2D eigenvalue weighted by atomic mass is 10.2. The number of sulfonamides is 1. The first-order chi connectivity index (χ1) is 14.3. The van der Waals surface area contributed by atoms with E-state index < -0.39 is 22.6 Å². The second kappa shape index (κ2) is 10.4. The number of hydrogen-bond acceptors (Lipinski definition) is 5. The molecule has 7 nitrogen and oxygen atoms in total. The van der Waals surface area contributed by atoms with Crippen LogP contribution in [0.4, 0.5) is 5.69 Å². The summed E-state index contributed by atoms with van der Waals surface area (Å²) in [7, 11) is -3.80. The predicted octanol–water partition coefficient (Wildman–Crippen LogP) is 3.15. The molecule has 0 bridgehead atoms. The third kappa shape index (κ3) is 6.31. The van der Waals surface area contributed by atoms with E-state index in [0.29, 0.717) is 18.8 Å². The molecule has 2 aromatic carbocycles. The van der Waals surface area contributed by atoms with E-state index in [4.69, 9.17) is 4.74 Å². The minimum absolute atomic E-state index is 0.00107. The number of rotatable bonds is 10. The van der Waals surface area contributed by atoms with Crippen molar-refractivity contribution < 1.29 is 22.7 Å². The molecule has 30 heavy (non-hydrogen) atoms. The van der Waals surface area contributed by atoms with Gasteiger partial charge in [0.2, 0.25) is 0 Å². The standard InChI is InChI=1S/C22H24N2O5S/c1-4-14-24(15-5-2)21(25)16-29-22(26)18-8-12-20(13-9-18)30(27,28)23-19-10-6-17(3)7-11-19/h4-13,23H,1-2,14-16H2,3H3. The van der Waals surface area contributed by atoms with Crippen LogP contribution in [0.25, 0.3) is 0 Å². The number of ether oxygens (including phenoxy) is 1. The molecule has 0 spiro atoms. The lowest BCUT2D eigenvalue weighted by Crippen LogP contribution is -2.35. The lowest BCUT2D eigenvalue weighted by molar-refractivity contribution is -0.133. The Labute approximate surface area is 176 Å². The molecule has 0 saturated heterocycles. The Morgan fingerprint density at radius 2 is 1.57 bits per heavy atom. The van der Waals surface area contributed by atoms with Gasteiger partial charge < -0.3 is 9.64 Å². The highest BCUT2D eigenvalue weighted by molar-refractivity contribution is 7.92. The van der Waals surface area contributed by atoms with E-state index >= 15 is 0 Å². The molecule has 0 aliphatic heterocycles. The highest BCUT2D eigenvalue weighted by Crippen LogP contribution is 2.17. The maximum absolute atomic E-state index is 12.5. The molecule has 0 saturated carbocycles. The third-order valence-electron chi connectivity index (χ3n) is 4.08. The zero-order valence-corrected chi connectivity index (χ0v) is 17.5. The minimum atomic E-state index is -3.80. The summed E-state index contributed by atoms with van der Waals surface area (Å²) in [5, 5.41) is 0. The quantitative estimate of drug-likeness (QED) is 0.464. The van der Waals surface area contributed by atoms with Crippen LogP contribution in [0.2, 0.25) is 0 Å². The monoisotopic (exact) mass is 428 g/mol. The van der Waals surface area contributed by atoms with Crippen LogP contribution in [0.3, 0.4) is 0 Å². The Balaban J connectivity index is 2.01. The number of esters is 1. The van der Waals surface area contributed by atoms with Gasteiger partial charge in [-0.2, -0.15) is 0 Å². The fourth-order valence-electron chi connectivity index (χ4n) is 2.50. The summed E-state index contributed by atoms with van der Waals surface area (Å²) in [6, 6.07) is 12.2. The summed E-state index contributed by atoms with van der Waals surface area (Å²) in [5.41, 5.74) is 1.58. The fourth-order valence-corrected chi connectivity index (χ4v) is 3.56. The van der Waals surface area contributed by atoms with Gasteiger partial charge in [0, 0.05) is 18.8 Å². The van der Waals surface area contributed by atoms with Crippen LogP contribution in [-0.2, 0) is 19.6 Å².